The van der Waals surface area contributed by atoms with E-state index in [0.717, 1.165) is 30.8 Å². The highest BCUT2D eigenvalue weighted by molar-refractivity contribution is 5.29. The Bertz CT molecular complexity index is 635. The summed E-state index contributed by atoms with van der Waals surface area (Å²) in [6.45, 7) is 3.21. The van der Waals surface area contributed by atoms with Gasteiger partial charge >= 0.3 is 6.18 Å². The Morgan fingerprint density at radius 3 is 2.43 bits per heavy atom. The van der Waals surface area contributed by atoms with Gasteiger partial charge in [0, 0.05) is 13.1 Å². The number of halogens is 3. The van der Waals surface area contributed by atoms with Crippen molar-refractivity contribution in [2.75, 3.05) is 31.2 Å². The van der Waals surface area contributed by atoms with Crippen molar-refractivity contribution in [1.29, 1.82) is 0 Å². The Morgan fingerprint density at radius 2 is 1.78 bits per heavy atom. The van der Waals surface area contributed by atoms with Crippen LogP contribution in [0.1, 0.15) is 11.1 Å². The van der Waals surface area contributed by atoms with Crippen molar-refractivity contribution in [3.63, 3.8) is 0 Å². The normalized spacial score (nSPS) is 15.9. The minimum absolute atomic E-state index is 0.505. The van der Waals surface area contributed by atoms with Gasteiger partial charge in [0.2, 0.25) is 5.95 Å². The predicted molar refractivity (Wildman–Crippen MR) is 76.0 cm³/mol. The van der Waals surface area contributed by atoms with Crippen LogP contribution in [0.25, 0.3) is 0 Å². The summed E-state index contributed by atoms with van der Waals surface area (Å²) in [5.41, 5.74) is 0.166. The highest BCUT2D eigenvalue weighted by Crippen LogP contribution is 2.29. The second kappa shape index (κ2) is 6.53. The molecule has 2 heterocycles. The van der Waals surface area contributed by atoms with Crippen molar-refractivity contribution in [3.8, 4) is 0 Å². The summed E-state index contributed by atoms with van der Waals surface area (Å²) >= 11 is 0. The number of ether oxygens (including phenoxy) is 1. The van der Waals surface area contributed by atoms with Gasteiger partial charge in [0.15, 0.2) is 0 Å². The molecule has 1 aliphatic heterocycles. The molecule has 0 saturated carbocycles. The number of aromatic nitrogens is 4. The summed E-state index contributed by atoms with van der Waals surface area (Å²) in [4.78, 5) is 2.04. The van der Waals surface area contributed by atoms with Crippen LogP contribution in [0, 0.1) is 0 Å². The van der Waals surface area contributed by atoms with E-state index in [2.05, 4.69) is 15.5 Å². The van der Waals surface area contributed by atoms with Gasteiger partial charge in [-0.25, -0.2) is 4.68 Å². The van der Waals surface area contributed by atoms with E-state index in [1.165, 1.54) is 12.1 Å². The highest BCUT2D eigenvalue weighted by Gasteiger charge is 2.29. The van der Waals surface area contributed by atoms with E-state index >= 15 is 0 Å². The van der Waals surface area contributed by atoms with Crippen LogP contribution in [0.15, 0.2) is 24.3 Å². The minimum atomic E-state index is -4.31. The largest absolute Gasteiger partial charge is 0.416 e. The molecule has 1 aliphatic rings. The zero-order valence-corrected chi connectivity index (χ0v) is 12.3. The van der Waals surface area contributed by atoms with E-state index in [1.54, 1.807) is 4.68 Å². The average molecular weight is 327 g/mol. The van der Waals surface area contributed by atoms with Gasteiger partial charge < -0.3 is 9.64 Å². The van der Waals surface area contributed by atoms with Crippen LogP contribution in [-0.2, 0) is 23.9 Å². The SMILES string of the molecule is FC(F)(F)c1ccc(CCn2nnnc2N2CCOCC2)cc1. The second-order valence-electron chi connectivity index (χ2n) is 5.25. The van der Waals surface area contributed by atoms with Crippen LogP contribution in [-0.4, -0.2) is 46.5 Å². The maximum absolute atomic E-state index is 12.5. The van der Waals surface area contributed by atoms with Gasteiger partial charge in [0.1, 0.15) is 0 Å². The lowest BCUT2D eigenvalue weighted by Gasteiger charge is -2.26. The monoisotopic (exact) mass is 327 g/mol. The summed E-state index contributed by atoms with van der Waals surface area (Å²) in [6, 6.07) is 5.17. The molecule has 0 radical (unpaired) electrons. The first-order chi connectivity index (χ1) is 11.0. The van der Waals surface area contributed by atoms with Crippen LogP contribution in [0.4, 0.5) is 19.1 Å². The summed E-state index contributed by atoms with van der Waals surface area (Å²) < 4.78 is 44.6. The van der Waals surface area contributed by atoms with E-state index in [-0.39, 0.29) is 0 Å². The Hall–Kier alpha value is -2.16. The molecule has 0 N–H and O–H groups in total. The zero-order chi connectivity index (χ0) is 16.3. The van der Waals surface area contributed by atoms with Crippen molar-refractivity contribution in [1.82, 2.24) is 20.2 Å². The summed E-state index contributed by atoms with van der Waals surface area (Å²) in [6.07, 6.45) is -3.75. The van der Waals surface area contributed by atoms with Gasteiger partial charge in [-0.05, 0) is 34.5 Å². The van der Waals surface area contributed by atoms with E-state index in [1.807, 2.05) is 4.90 Å². The summed E-state index contributed by atoms with van der Waals surface area (Å²) in [7, 11) is 0. The first kappa shape index (κ1) is 15.7. The minimum Gasteiger partial charge on any atom is -0.378 e. The lowest BCUT2D eigenvalue weighted by Crippen LogP contribution is -2.38. The molecule has 0 aliphatic carbocycles. The number of hydrogen-bond donors (Lipinski definition) is 0. The molecule has 6 nitrogen and oxygen atoms in total. The zero-order valence-electron chi connectivity index (χ0n) is 12.3. The molecule has 1 saturated heterocycles. The third kappa shape index (κ3) is 3.79. The van der Waals surface area contributed by atoms with Crippen LogP contribution in [0.2, 0.25) is 0 Å². The second-order valence-corrected chi connectivity index (χ2v) is 5.25. The quantitative estimate of drug-likeness (QED) is 0.857. The lowest BCUT2D eigenvalue weighted by molar-refractivity contribution is -0.137. The Kier molecular flexibility index (Phi) is 4.46. The molecule has 9 heteroatoms. The maximum atomic E-state index is 12.5. The van der Waals surface area contributed by atoms with E-state index in [4.69, 9.17) is 4.74 Å². The highest BCUT2D eigenvalue weighted by atomic mass is 19.4. The molecule has 1 fully saturated rings. The first-order valence-electron chi connectivity index (χ1n) is 7.29. The number of hydrogen-bond acceptors (Lipinski definition) is 5. The van der Waals surface area contributed by atoms with Crippen molar-refractivity contribution < 1.29 is 17.9 Å². The maximum Gasteiger partial charge on any atom is 0.416 e. The number of tetrazole rings is 1. The third-order valence-electron chi connectivity index (χ3n) is 3.70. The Labute approximate surface area is 130 Å². The Morgan fingerprint density at radius 1 is 1.09 bits per heavy atom. The average Bonchev–Trinajstić information content (AvgIpc) is 3.02. The Balaban J connectivity index is 1.63. The van der Waals surface area contributed by atoms with Gasteiger partial charge in [-0.3, -0.25) is 0 Å². The molecule has 2 aromatic rings. The van der Waals surface area contributed by atoms with Gasteiger partial charge in [0.05, 0.1) is 25.3 Å². The molecule has 0 amide bonds. The summed E-state index contributed by atoms with van der Waals surface area (Å²) in [5, 5.41) is 11.7. The molecule has 1 aromatic heterocycles. The number of anilines is 1. The number of rotatable bonds is 4. The fraction of sp³-hybridized carbons (Fsp3) is 0.500. The van der Waals surface area contributed by atoms with Gasteiger partial charge in [-0.15, -0.1) is 0 Å². The van der Waals surface area contributed by atoms with Crippen molar-refractivity contribution in [2.24, 2.45) is 0 Å². The number of benzene rings is 1. The predicted octanol–water partition coefficient (Wildman–Crippen LogP) is 1.77. The van der Waals surface area contributed by atoms with Crippen molar-refractivity contribution in [2.45, 2.75) is 19.1 Å². The molecule has 124 valence electrons. The fourth-order valence-corrected chi connectivity index (χ4v) is 2.43. The molecule has 0 atom stereocenters. The molecular formula is C14H16F3N5O. The molecule has 0 bridgehead atoms. The topological polar surface area (TPSA) is 56.1 Å². The molecular weight excluding hydrogens is 311 g/mol. The lowest BCUT2D eigenvalue weighted by atomic mass is 10.1. The smallest absolute Gasteiger partial charge is 0.378 e. The third-order valence-corrected chi connectivity index (χ3v) is 3.70. The molecule has 0 spiro atoms. The van der Waals surface area contributed by atoms with Crippen LogP contribution < -0.4 is 4.90 Å². The standard InChI is InChI=1S/C14H16F3N5O/c15-14(16,17)12-3-1-11(2-4-12)5-6-22-13(18-19-20-22)21-7-9-23-10-8-21/h1-4H,5-10H2. The molecule has 0 unspecified atom stereocenters. The molecule has 3 rings (SSSR count). The molecule has 1 aromatic carbocycles. The van der Waals surface area contributed by atoms with Crippen molar-refractivity contribution >= 4 is 5.95 Å². The van der Waals surface area contributed by atoms with Gasteiger partial charge in [-0.1, -0.05) is 17.2 Å². The number of alkyl halides is 3. The van der Waals surface area contributed by atoms with Gasteiger partial charge in [-0.2, -0.15) is 13.2 Å². The van der Waals surface area contributed by atoms with Crippen LogP contribution in [0.3, 0.4) is 0 Å². The number of aryl methyl sites for hydroxylation is 2. The van der Waals surface area contributed by atoms with Crippen LogP contribution in [0.5, 0.6) is 0 Å². The van der Waals surface area contributed by atoms with Crippen LogP contribution >= 0.6 is 0 Å². The number of morpholine rings is 1. The summed E-state index contributed by atoms with van der Waals surface area (Å²) in [5.74, 6) is 0.667. The number of nitrogens with zero attached hydrogens (tertiary/aromatic N) is 5. The molecule has 23 heavy (non-hydrogen) atoms. The first-order valence-corrected chi connectivity index (χ1v) is 7.29. The van der Waals surface area contributed by atoms with E-state index < -0.39 is 11.7 Å². The van der Waals surface area contributed by atoms with Gasteiger partial charge in [0.25, 0.3) is 0 Å². The fourth-order valence-electron chi connectivity index (χ4n) is 2.43. The van der Waals surface area contributed by atoms with E-state index in [9.17, 15) is 13.2 Å². The van der Waals surface area contributed by atoms with Crippen molar-refractivity contribution in [3.05, 3.63) is 35.4 Å². The van der Waals surface area contributed by atoms with E-state index in [0.29, 0.717) is 32.1 Å².